The number of hydrogen-bond donors (Lipinski definition) is 2. The summed E-state index contributed by atoms with van der Waals surface area (Å²) >= 11 is 8.52. The van der Waals surface area contributed by atoms with Crippen molar-refractivity contribution in [2.45, 2.75) is 13.5 Å². The summed E-state index contributed by atoms with van der Waals surface area (Å²) in [6, 6.07) is 15.2. The van der Waals surface area contributed by atoms with Crippen molar-refractivity contribution in [3.05, 3.63) is 63.6 Å². The second kappa shape index (κ2) is 9.77. The van der Waals surface area contributed by atoms with E-state index in [1.54, 1.807) is 12.3 Å². The van der Waals surface area contributed by atoms with Crippen LogP contribution < -0.4 is 15.5 Å². The molecule has 0 radical (unpaired) electrons. The number of rotatable bonds is 6. The van der Waals surface area contributed by atoms with E-state index in [-0.39, 0.29) is 0 Å². The first-order valence-corrected chi connectivity index (χ1v) is 8.81. The Labute approximate surface area is 160 Å². The average molecular weight is 417 g/mol. The molecule has 0 heterocycles. The van der Waals surface area contributed by atoms with Crippen molar-refractivity contribution in [3.8, 4) is 11.8 Å². The molecule has 0 aliphatic heterocycles. The van der Waals surface area contributed by atoms with E-state index in [1.165, 1.54) is 0 Å². The molecule has 0 amide bonds. The molecule has 5 nitrogen and oxygen atoms in total. The summed E-state index contributed by atoms with van der Waals surface area (Å²) in [4.78, 5) is 0. The van der Waals surface area contributed by atoms with Crippen LogP contribution in [-0.4, -0.2) is 17.9 Å². The summed E-state index contributed by atoms with van der Waals surface area (Å²) in [7, 11) is 0. The van der Waals surface area contributed by atoms with Gasteiger partial charge >= 0.3 is 0 Å². The topological polar surface area (TPSA) is 69.4 Å². The van der Waals surface area contributed by atoms with Crippen LogP contribution in [0.2, 0.25) is 0 Å². The van der Waals surface area contributed by atoms with Crippen molar-refractivity contribution in [3.63, 3.8) is 0 Å². The van der Waals surface area contributed by atoms with Crippen LogP contribution in [0.4, 0.5) is 0 Å². The lowest BCUT2D eigenvalue weighted by atomic mass is 10.1. The summed E-state index contributed by atoms with van der Waals surface area (Å²) in [6.07, 6.45) is 1.67. The molecule has 2 rings (SSSR count). The van der Waals surface area contributed by atoms with Gasteiger partial charge in [0.25, 0.3) is 0 Å². The van der Waals surface area contributed by atoms with Crippen molar-refractivity contribution < 1.29 is 4.74 Å². The quantitative estimate of drug-likeness (QED) is 0.426. The van der Waals surface area contributed by atoms with Crippen LogP contribution in [0.3, 0.4) is 0 Å². The molecule has 2 aromatic carbocycles. The van der Waals surface area contributed by atoms with Gasteiger partial charge in [0.2, 0.25) is 0 Å². The number of benzene rings is 2. The second-order valence-corrected chi connectivity index (χ2v) is 6.24. The fourth-order valence-electron chi connectivity index (χ4n) is 1.99. The Kier molecular flexibility index (Phi) is 7.38. The predicted octanol–water partition coefficient (Wildman–Crippen LogP) is 3.72. The van der Waals surface area contributed by atoms with E-state index in [4.69, 9.17) is 22.2 Å². The molecule has 25 heavy (non-hydrogen) atoms. The second-order valence-electron chi connectivity index (χ2n) is 4.98. The number of nitrogens with zero attached hydrogens (tertiary/aromatic N) is 2. The third-order valence-corrected chi connectivity index (χ3v) is 4.05. The lowest BCUT2D eigenvalue weighted by molar-refractivity contribution is 0.304. The van der Waals surface area contributed by atoms with Crippen LogP contribution in [0.15, 0.2) is 52.0 Å². The SMILES string of the molecule is CCNC(=S)N/N=C\c1ccc(OCc2ccccc2C#N)c(Br)c1. The van der Waals surface area contributed by atoms with Crippen molar-refractivity contribution in [2.24, 2.45) is 5.10 Å². The zero-order valence-corrected chi connectivity index (χ0v) is 16.0. The molecule has 7 heteroatoms. The Bertz CT molecular complexity index is 817. The van der Waals surface area contributed by atoms with Crippen LogP contribution in [0.25, 0.3) is 0 Å². The third-order valence-electron chi connectivity index (χ3n) is 3.19. The van der Waals surface area contributed by atoms with Gasteiger partial charge in [-0.15, -0.1) is 0 Å². The third kappa shape index (κ3) is 5.85. The molecule has 128 valence electrons. The number of nitriles is 1. The molecule has 0 aliphatic rings. The Morgan fingerprint density at radius 1 is 1.36 bits per heavy atom. The van der Waals surface area contributed by atoms with Gasteiger partial charge in [0, 0.05) is 12.1 Å². The Morgan fingerprint density at radius 2 is 2.16 bits per heavy atom. The van der Waals surface area contributed by atoms with Crippen molar-refractivity contribution >= 4 is 39.5 Å². The molecule has 0 saturated heterocycles. The Balaban J connectivity index is 1.99. The summed E-state index contributed by atoms with van der Waals surface area (Å²) in [6.45, 7) is 3.03. The minimum absolute atomic E-state index is 0.328. The lowest BCUT2D eigenvalue weighted by Gasteiger charge is -2.10. The van der Waals surface area contributed by atoms with Gasteiger partial charge in [0.05, 0.1) is 22.3 Å². The molecule has 0 atom stereocenters. The van der Waals surface area contributed by atoms with Crippen LogP contribution in [0.5, 0.6) is 5.75 Å². The molecular formula is C18H17BrN4OS. The molecule has 2 aromatic rings. The number of thiocarbonyl (C=S) groups is 1. The number of hydrazone groups is 1. The molecule has 0 aliphatic carbocycles. The number of halogens is 1. The molecule has 0 spiro atoms. The Morgan fingerprint density at radius 3 is 2.88 bits per heavy atom. The largest absolute Gasteiger partial charge is 0.488 e. The van der Waals surface area contributed by atoms with E-state index in [2.05, 4.69) is 37.8 Å². The average Bonchev–Trinajstić information content (AvgIpc) is 2.61. The summed E-state index contributed by atoms with van der Waals surface area (Å²) in [5.74, 6) is 0.695. The molecular weight excluding hydrogens is 400 g/mol. The maximum absolute atomic E-state index is 9.11. The maximum Gasteiger partial charge on any atom is 0.186 e. The van der Waals surface area contributed by atoms with Gasteiger partial charge < -0.3 is 10.1 Å². The predicted molar refractivity (Wildman–Crippen MR) is 107 cm³/mol. The fourth-order valence-corrected chi connectivity index (χ4v) is 2.70. The van der Waals surface area contributed by atoms with Gasteiger partial charge in [-0.1, -0.05) is 18.2 Å². The number of nitrogens with one attached hydrogen (secondary N) is 2. The summed E-state index contributed by atoms with van der Waals surface area (Å²) in [5.41, 5.74) is 5.10. The van der Waals surface area contributed by atoms with Crippen molar-refractivity contribution in [1.82, 2.24) is 10.7 Å². The highest BCUT2D eigenvalue weighted by Gasteiger charge is 2.05. The van der Waals surface area contributed by atoms with Gasteiger partial charge in [-0.3, -0.25) is 5.43 Å². The number of ether oxygens (including phenoxy) is 1. The van der Waals surface area contributed by atoms with E-state index in [0.717, 1.165) is 22.1 Å². The summed E-state index contributed by atoms with van der Waals surface area (Å²) < 4.78 is 6.61. The van der Waals surface area contributed by atoms with Gasteiger partial charge in [-0.25, -0.2) is 0 Å². The van der Waals surface area contributed by atoms with Crippen LogP contribution in [-0.2, 0) is 6.61 Å². The minimum Gasteiger partial charge on any atom is -0.488 e. The fraction of sp³-hybridized carbons (Fsp3) is 0.167. The van der Waals surface area contributed by atoms with Crippen molar-refractivity contribution in [2.75, 3.05) is 6.54 Å². The standard InChI is InChI=1S/C18H17BrN4OS/c1-2-21-18(25)23-22-11-13-7-8-17(16(19)9-13)24-12-15-6-4-3-5-14(15)10-20/h3-9,11H,2,12H2,1H3,(H2,21,23,25)/b22-11-. The zero-order valence-electron chi connectivity index (χ0n) is 13.6. The number of hydrogen-bond acceptors (Lipinski definition) is 4. The van der Waals surface area contributed by atoms with E-state index in [1.807, 2.05) is 43.3 Å². The van der Waals surface area contributed by atoms with Crippen LogP contribution >= 0.6 is 28.1 Å². The molecule has 0 bridgehead atoms. The molecule has 0 unspecified atom stereocenters. The highest BCUT2D eigenvalue weighted by molar-refractivity contribution is 9.10. The van der Waals surface area contributed by atoms with Gasteiger partial charge in [-0.05, 0) is 64.9 Å². The lowest BCUT2D eigenvalue weighted by Crippen LogP contribution is -2.31. The van der Waals surface area contributed by atoms with E-state index in [9.17, 15) is 0 Å². The first-order chi connectivity index (χ1) is 12.1. The molecule has 2 N–H and O–H groups in total. The first-order valence-electron chi connectivity index (χ1n) is 7.61. The van der Waals surface area contributed by atoms with E-state index >= 15 is 0 Å². The summed E-state index contributed by atoms with van der Waals surface area (Å²) in [5, 5.41) is 16.6. The van der Waals surface area contributed by atoms with E-state index < -0.39 is 0 Å². The smallest absolute Gasteiger partial charge is 0.186 e. The molecule has 0 fully saturated rings. The first kappa shape index (κ1) is 18.9. The van der Waals surface area contributed by atoms with Crippen molar-refractivity contribution in [1.29, 1.82) is 5.26 Å². The molecule has 0 aromatic heterocycles. The van der Waals surface area contributed by atoms with Crippen LogP contribution in [0.1, 0.15) is 23.6 Å². The zero-order chi connectivity index (χ0) is 18.1. The van der Waals surface area contributed by atoms with Crippen LogP contribution in [0, 0.1) is 11.3 Å². The molecule has 0 saturated carbocycles. The highest BCUT2D eigenvalue weighted by Crippen LogP contribution is 2.26. The monoisotopic (exact) mass is 416 g/mol. The van der Waals surface area contributed by atoms with Gasteiger partial charge in [-0.2, -0.15) is 10.4 Å². The van der Waals surface area contributed by atoms with Gasteiger partial charge in [0.15, 0.2) is 5.11 Å². The highest BCUT2D eigenvalue weighted by atomic mass is 79.9. The Hall–Kier alpha value is -2.43. The maximum atomic E-state index is 9.11. The minimum atomic E-state index is 0.328. The van der Waals surface area contributed by atoms with Gasteiger partial charge in [0.1, 0.15) is 12.4 Å². The normalized spacial score (nSPS) is 10.3. The van der Waals surface area contributed by atoms with E-state index in [0.29, 0.717) is 23.0 Å².